The molecular formula is C34H34ClN3O4. The summed E-state index contributed by atoms with van der Waals surface area (Å²) < 4.78 is 8.28. The second kappa shape index (κ2) is 13.1. The van der Waals surface area contributed by atoms with Crippen molar-refractivity contribution >= 4 is 29.6 Å². The van der Waals surface area contributed by atoms with Crippen molar-refractivity contribution in [3.8, 4) is 28.1 Å². The molecular weight excluding hydrogens is 550 g/mol. The summed E-state index contributed by atoms with van der Waals surface area (Å²) in [7, 11) is 1.61. The monoisotopic (exact) mass is 583 g/mol. The van der Waals surface area contributed by atoms with E-state index in [-0.39, 0.29) is 24.1 Å². The van der Waals surface area contributed by atoms with Gasteiger partial charge in [0, 0.05) is 28.8 Å². The second-order valence-electron chi connectivity index (χ2n) is 10.6. The fraction of sp³-hybridized carbons (Fsp3) is 0.265. The molecule has 3 aromatic carbocycles. The van der Waals surface area contributed by atoms with Crippen LogP contribution in [0, 0.1) is 0 Å². The first kappa shape index (κ1) is 29.1. The quantitative estimate of drug-likeness (QED) is 0.196. The minimum Gasteiger partial charge on any atom is -0.489 e. The number of ether oxygens (including phenoxy) is 1. The van der Waals surface area contributed by atoms with E-state index in [2.05, 4.69) is 10.00 Å². The molecule has 216 valence electrons. The van der Waals surface area contributed by atoms with Gasteiger partial charge < -0.3 is 15.2 Å². The number of hydrogen-bond acceptors (Lipinski definition) is 4. The summed E-state index contributed by atoms with van der Waals surface area (Å²) in [4.78, 5) is 23.7. The van der Waals surface area contributed by atoms with Crippen LogP contribution in [0.1, 0.15) is 66.7 Å². The molecule has 5 rings (SSSR count). The van der Waals surface area contributed by atoms with Gasteiger partial charge in [-0.2, -0.15) is 5.10 Å². The van der Waals surface area contributed by atoms with Crippen molar-refractivity contribution in [3.63, 3.8) is 0 Å². The summed E-state index contributed by atoms with van der Waals surface area (Å²) in [5, 5.41) is 17.5. The number of nitrogens with one attached hydrogen (secondary N) is 1. The van der Waals surface area contributed by atoms with Crippen LogP contribution in [0.15, 0.2) is 78.4 Å². The number of halogens is 1. The Kier molecular flexibility index (Phi) is 9.08. The van der Waals surface area contributed by atoms with Crippen molar-refractivity contribution in [3.05, 3.63) is 100 Å². The molecule has 0 radical (unpaired) electrons. The third kappa shape index (κ3) is 6.74. The van der Waals surface area contributed by atoms with Crippen molar-refractivity contribution in [2.75, 3.05) is 7.05 Å². The Bertz CT molecular complexity index is 1600. The van der Waals surface area contributed by atoms with Crippen molar-refractivity contribution in [2.45, 2.75) is 51.7 Å². The fourth-order valence-electron chi connectivity index (χ4n) is 5.38. The lowest BCUT2D eigenvalue weighted by Crippen LogP contribution is -2.18. The topological polar surface area (TPSA) is 93.4 Å². The zero-order valence-electron chi connectivity index (χ0n) is 23.8. The van der Waals surface area contributed by atoms with Gasteiger partial charge in [0.25, 0.3) is 5.91 Å². The molecule has 1 aliphatic carbocycles. The Hall–Kier alpha value is -4.36. The summed E-state index contributed by atoms with van der Waals surface area (Å²) in [5.41, 5.74) is 6.21. The minimum atomic E-state index is -0.953. The molecule has 0 spiro atoms. The molecule has 0 aliphatic heterocycles. The lowest BCUT2D eigenvalue weighted by Gasteiger charge is -2.24. The molecule has 0 saturated heterocycles. The molecule has 4 aromatic rings. The van der Waals surface area contributed by atoms with Gasteiger partial charge in [-0.1, -0.05) is 49.1 Å². The first-order valence-corrected chi connectivity index (χ1v) is 14.6. The zero-order valence-corrected chi connectivity index (χ0v) is 24.5. The lowest BCUT2D eigenvalue weighted by atomic mass is 9.95. The number of aromatic nitrogens is 2. The van der Waals surface area contributed by atoms with Crippen LogP contribution >= 0.6 is 11.6 Å². The number of rotatable bonds is 9. The zero-order chi connectivity index (χ0) is 29.6. The molecule has 7 nitrogen and oxygen atoms in total. The normalized spacial score (nSPS) is 14.0. The van der Waals surface area contributed by atoms with Gasteiger partial charge in [-0.05, 0) is 97.1 Å². The number of carbonyl (C=O) groups excluding carboxylic acids is 1. The summed E-state index contributed by atoms with van der Waals surface area (Å²) in [6.07, 6.45) is 7.29. The van der Waals surface area contributed by atoms with E-state index in [1.807, 2.05) is 66.7 Å². The summed E-state index contributed by atoms with van der Waals surface area (Å²) in [5.74, 6) is -0.423. The van der Waals surface area contributed by atoms with Crippen LogP contribution in [0.25, 0.3) is 28.5 Å². The number of hydrogen-bond donors (Lipinski definition) is 2. The molecule has 1 heterocycles. The molecule has 42 heavy (non-hydrogen) atoms. The number of carbonyl (C=O) groups is 2. The van der Waals surface area contributed by atoms with Crippen LogP contribution in [0.2, 0.25) is 5.02 Å². The number of carboxylic acid groups (broad SMARTS) is 1. The van der Waals surface area contributed by atoms with E-state index in [9.17, 15) is 14.7 Å². The lowest BCUT2D eigenvalue weighted by molar-refractivity contribution is -0.132. The van der Waals surface area contributed by atoms with Crippen molar-refractivity contribution in [2.24, 2.45) is 0 Å². The molecule has 1 fully saturated rings. The average Bonchev–Trinajstić information content (AvgIpc) is 3.44. The van der Waals surface area contributed by atoms with E-state index in [1.54, 1.807) is 26.1 Å². The van der Waals surface area contributed by atoms with E-state index in [1.165, 1.54) is 6.42 Å². The van der Waals surface area contributed by atoms with Crippen LogP contribution in [0.3, 0.4) is 0 Å². The highest BCUT2D eigenvalue weighted by atomic mass is 35.5. The molecule has 2 N–H and O–H groups in total. The highest BCUT2D eigenvalue weighted by Crippen LogP contribution is 2.34. The van der Waals surface area contributed by atoms with E-state index >= 15 is 0 Å². The molecule has 1 aromatic heterocycles. The first-order valence-electron chi connectivity index (χ1n) is 14.2. The van der Waals surface area contributed by atoms with Crippen molar-refractivity contribution in [1.82, 2.24) is 15.1 Å². The standard InChI is InChI=1S/C34H34ClN3O4/c1-22(34(40)41)18-28-20-32(38(37-28)29-6-4-3-5-7-29)24-10-15-30(16-11-24)42-21-26-19-25(33(39)36-2)12-17-31(26)23-8-13-27(35)14-9-23/h8-20,29H,3-7,21H2,1-2H3,(H,36,39)(H,40,41)/b22-18+. The van der Waals surface area contributed by atoms with Crippen LogP contribution in [-0.2, 0) is 11.4 Å². The Morgan fingerprint density at radius 1 is 1.00 bits per heavy atom. The summed E-state index contributed by atoms with van der Waals surface area (Å²) in [6, 6.07) is 23.3. The molecule has 0 unspecified atom stereocenters. The van der Waals surface area contributed by atoms with Gasteiger partial charge in [-0.25, -0.2) is 4.79 Å². The Balaban J connectivity index is 1.40. The summed E-state index contributed by atoms with van der Waals surface area (Å²) in [6.45, 7) is 1.85. The number of nitrogens with zero attached hydrogens (tertiary/aromatic N) is 2. The maximum atomic E-state index is 12.3. The number of carboxylic acids is 1. The van der Waals surface area contributed by atoms with Crippen molar-refractivity contribution < 1.29 is 19.4 Å². The first-order chi connectivity index (χ1) is 20.3. The molecule has 0 bridgehead atoms. The SMILES string of the molecule is CNC(=O)c1ccc(-c2ccc(Cl)cc2)c(COc2ccc(-c3cc(/C=C(\C)C(=O)O)nn3C3CCCCC3)cc2)c1. The Labute approximate surface area is 250 Å². The summed E-state index contributed by atoms with van der Waals surface area (Å²) >= 11 is 6.10. The number of benzene rings is 3. The highest BCUT2D eigenvalue weighted by Gasteiger charge is 2.21. The molecule has 8 heteroatoms. The van der Waals surface area contributed by atoms with Crippen LogP contribution in [0.5, 0.6) is 5.75 Å². The van der Waals surface area contributed by atoms with Gasteiger partial charge in [0.1, 0.15) is 12.4 Å². The Morgan fingerprint density at radius 2 is 1.69 bits per heavy atom. The molecule has 1 saturated carbocycles. The van der Waals surface area contributed by atoms with Gasteiger partial charge in [-0.3, -0.25) is 9.48 Å². The van der Waals surface area contributed by atoms with E-state index in [0.29, 0.717) is 22.0 Å². The largest absolute Gasteiger partial charge is 0.489 e. The highest BCUT2D eigenvalue weighted by molar-refractivity contribution is 6.30. The van der Waals surface area contributed by atoms with Gasteiger partial charge in [0.05, 0.1) is 17.4 Å². The third-order valence-corrected chi connectivity index (χ3v) is 7.92. The van der Waals surface area contributed by atoms with E-state index in [4.69, 9.17) is 21.4 Å². The fourth-order valence-corrected chi connectivity index (χ4v) is 5.51. The van der Waals surface area contributed by atoms with Crippen LogP contribution in [-0.4, -0.2) is 33.8 Å². The molecule has 0 atom stereocenters. The second-order valence-corrected chi connectivity index (χ2v) is 11.0. The Morgan fingerprint density at radius 3 is 2.36 bits per heavy atom. The van der Waals surface area contributed by atoms with Gasteiger partial charge in [-0.15, -0.1) is 0 Å². The molecule has 1 amide bonds. The predicted molar refractivity (Wildman–Crippen MR) is 166 cm³/mol. The maximum absolute atomic E-state index is 12.3. The maximum Gasteiger partial charge on any atom is 0.331 e. The van der Waals surface area contributed by atoms with Gasteiger partial charge in [0.2, 0.25) is 0 Å². The van der Waals surface area contributed by atoms with Crippen LogP contribution < -0.4 is 10.1 Å². The van der Waals surface area contributed by atoms with E-state index in [0.717, 1.165) is 53.6 Å². The number of aliphatic carboxylic acids is 1. The van der Waals surface area contributed by atoms with E-state index < -0.39 is 5.97 Å². The van der Waals surface area contributed by atoms with Crippen molar-refractivity contribution in [1.29, 1.82) is 0 Å². The third-order valence-electron chi connectivity index (χ3n) is 7.67. The van der Waals surface area contributed by atoms with Crippen LogP contribution in [0.4, 0.5) is 0 Å². The average molecular weight is 584 g/mol. The minimum absolute atomic E-state index is 0.161. The number of amides is 1. The predicted octanol–water partition coefficient (Wildman–Crippen LogP) is 7.80. The molecule has 1 aliphatic rings. The van der Waals surface area contributed by atoms with Gasteiger partial charge in [0.15, 0.2) is 0 Å². The van der Waals surface area contributed by atoms with Gasteiger partial charge >= 0.3 is 5.97 Å². The smallest absolute Gasteiger partial charge is 0.331 e.